The minimum Gasteiger partial charge on any atom is -0.467 e. The van der Waals surface area contributed by atoms with Crippen LogP contribution < -0.4 is 15.4 Å². The minimum atomic E-state index is -4.90. The number of ether oxygens (including phenoxy) is 2. The number of aryl methyl sites for hydroxylation is 1. The topological polar surface area (TPSA) is 115 Å². The summed E-state index contributed by atoms with van der Waals surface area (Å²) in [5.74, 6) is -11.0. The van der Waals surface area contributed by atoms with Gasteiger partial charge in [0, 0.05) is 43.2 Å². The molecule has 7 heterocycles. The van der Waals surface area contributed by atoms with Crippen molar-refractivity contribution in [2.75, 3.05) is 50.5 Å². The Morgan fingerprint density at radius 2 is 1.80 bits per heavy atom. The summed E-state index contributed by atoms with van der Waals surface area (Å²) in [5, 5.41) is 3.92. The van der Waals surface area contributed by atoms with Gasteiger partial charge in [0.2, 0.25) is 0 Å². The van der Waals surface area contributed by atoms with E-state index < -0.39 is 77.6 Å². The average Bonchev–Trinajstić information content (AvgIpc) is 3.80. The number of nitrogen functional groups attached to an aromatic ring is 1. The van der Waals surface area contributed by atoms with Gasteiger partial charge in [-0.3, -0.25) is 14.4 Å². The first kappa shape index (κ1) is 39.2. The highest BCUT2D eigenvalue weighted by Crippen LogP contribution is 2.44. The fourth-order valence-corrected chi connectivity index (χ4v) is 8.10. The number of benzene rings is 1. The zero-order valence-electron chi connectivity index (χ0n) is 29.3. The van der Waals surface area contributed by atoms with Gasteiger partial charge >= 0.3 is 24.0 Å². The molecule has 3 atom stereocenters. The summed E-state index contributed by atoms with van der Waals surface area (Å²) in [5.41, 5.74) is 3.50. The average molecular weight is 811 g/mol. The van der Waals surface area contributed by atoms with E-state index in [1.165, 1.54) is 24.6 Å². The molecule has 300 valence electrons. The van der Waals surface area contributed by atoms with Crippen LogP contribution in [0.15, 0.2) is 12.1 Å². The minimum absolute atomic E-state index is 0.0520. The van der Waals surface area contributed by atoms with E-state index in [9.17, 15) is 39.9 Å². The zero-order chi connectivity index (χ0) is 39.6. The second-order valence-electron chi connectivity index (χ2n) is 14.2. The number of likely N-dealkylation sites (tertiary alicyclic amines) is 1. The number of aromatic nitrogens is 4. The van der Waals surface area contributed by atoms with Crippen molar-refractivity contribution in [3.63, 3.8) is 0 Å². The highest BCUT2D eigenvalue weighted by Gasteiger charge is 2.64. The van der Waals surface area contributed by atoms with Crippen LogP contribution in [0, 0.1) is 5.82 Å². The maximum Gasteiger partial charge on any atom is 0.416 e. The van der Waals surface area contributed by atoms with Gasteiger partial charge in [0.15, 0.2) is 11.5 Å². The van der Waals surface area contributed by atoms with Crippen molar-refractivity contribution in [1.29, 1.82) is 0 Å². The molecular weight excluding hydrogens is 775 g/mol. The molecule has 5 aliphatic rings. The van der Waals surface area contributed by atoms with Gasteiger partial charge < -0.3 is 25.0 Å². The molecule has 0 aliphatic carbocycles. The van der Waals surface area contributed by atoms with Crippen molar-refractivity contribution in [3.05, 3.63) is 56.7 Å². The Kier molecular flexibility index (Phi) is 10.3. The predicted molar refractivity (Wildman–Crippen MR) is 178 cm³/mol. The first-order valence-corrected chi connectivity index (χ1v) is 17.9. The summed E-state index contributed by atoms with van der Waals surface area (Å²) >= 11 is 6.50. The van der Waals surface area contributed by atoms with Crippen LogP contribution in [0.4, 0.5) is 51.0 Å². The normalized spacial score (nSPS) is 24.5. The summed E-state index contributed by atoms with van der Waals surface area (Å²) < 4.78 is 137. The summed E-state index contributed by atoms with van der Waals surface area (Å²) in [6, 6.07) is 1.97. The number of methoxy groups -OCH3 is 1. The maximum atomic E-state index is 15.0. The molecule has 3 unspecified atom stereocenters. The van der Waals surface area contributed by atoms with E-state index in [-0.39, 0.29) is 54.4 Å². The molecule has 0 saturated carbocycles. The van der Waals surface area contributed by atoms with Gasteiger partial charge in [-0.15, -0.1) is 0 Å². The third-order valence-corrected chi connectivity index (χ3v) is 11.0. The van der Waals surface area contributed by atoms with E-state index in [2.05, 4.69) is 20.0 Å². The SMILES string of the molecule is COc1nc2c(c(N3CCCn4nc(C(=O)N5CC(F)(F)C(F)(F)C5)c(Cl)c4C3)n1)COC(c1c(C(F)(F)F)ccc(N)c1F)C2.FC1CC2CCCN2C1. The molecule has 11 nitrogen and oxygen atoms in total. The number of alkyl halides is 8. The van der Waals surface area contributed by atoms with Crippen LogP contribution >= 0.6 is 11.6 Å². The van der Waals surface area contributed by atoms with Crippen molar-refractivity contribution in [2.45, 2.75) is 88.1 Å². The molecule has 0 spiro atoms. The number of fused-ring (bicyclic) bond motifs is 3. The molecule has 1 amide bonds. The number of hydrogen-bond donors (Lipinski definition) is 1. The number of carbonyl (C=O) groups excluding carboxylic acids is 1. The monoisotopic (exact) mass is 810 g/mol. The summed E-state index contributed by atoms with van der Waals surface area (Å²) in [6.07, 6.45) is -3.38. The highest BCUT2D eigenvalue weighted by molar-refractivity contribution is 6.34. The standard InChI is InChI=1S/C27H24ClF8N7O3.C7H12FN/c1-45-24-38-15-7-17(18-13(27(34,35)36)3-4-14(37)20(18)29)46-9-12(15)22(39-24)41-5-2-6-43-16(8-41)19(28)21(40-43)23(44)42-10-25(30,31)26(32,33)11-42;8-6-4-7-2-1-3-9(7)5-6/h3-4,17H,2,5-11,37H2,1H3;6-7H,1-5H2. The van der Waals surface area contributed by atoms with Gasteiger partial charge in [-0.25, -0.2) is 8.78 Å². The van der Waals surface area contributed by atoms with Crippen molar-refractivity contribution in [1.82, 2.24) is 29.5 Å². The molecule has 0 radical (unpaired) electrons. The molecule has 3 aromatic rings. The lowest BCUT2D eigenvalue weighted by Crippen LogP contribution is -2.38. The van der Waals surface area contributed by atoms with E-state index in [0.717, 1.165) is 19.0 Å². The molecule has 8 rings (SSSR count). The van der Waals surface area contributed by atoms with Gasteiger partial charge in [0.1, 0.15) is 12.0 Å². The van der Waals surface area contributed by atoms with Gasteiger partial charge in [0.25, 0.3) is 5.91 Å². The summed E-state index contributed by atoms with van der Waals surface area (Å²) in [6.45, 7) is -0.980. The largest absolute Gasteiger partial charge is 0.467 e. The Bertz CT molecular complexity index is 1940. The number of amides is 1. The fraction of sp³-hybridized carbons (Fsp3) is 0.588. The smallest absolute Gasteiger partial charge is 0.416 e. The van der Waals surface area contributed by atoms with Gasteiger partial charge in [-0.05, 0) is 44.4 Å². The number of halogens is 10. The highest BCUT2D eigenvalue weighted by atomic mass is 35.5. The van der Waals surface area contributed by atoms with Crippen LogP contribution in [-0.2, 0) is 37.0 Å². The van der Waals surface area contributed by atoms with Crippen molar-refractivity contribution >= 4 is 29.0 Å². The van der Waals surface area contributed by atoms with Gasteiger partial charge in [0.05, 0.1) is 67.1 Å². The predicted octanol–water partition coefficient (Wildman–Crippen LogP) is 6.22. The molecule has 2 N–H and O–H groups in total. The Labute approximate surface area is 313 Å². The van der Waals surface area contributed by atoms with E-state index in [0.29, 0.717) is 42.1 Å². The van der Waals surface area contributed by atoms with Crippen molar-refractivity contribution in [3.8, 4) is 6.01 Å². The Morgan fingerprint density at radius 3 is 2.47 bits per heavy atom. The third kappa shape index (κ3) is 7.36. The second kappa shape index (κ2) is 14.5. The van der Waals surface area contributed by atoms with E-state index in [1.807, 2.05) is 0 Å². The lowest BCUT2D eigenvalue weighted by Gasteiger charge is -2.31. The Balaban J connectivity index is 0.000000449. The van der Waals surface area contributed by atoms with E-state index >= 15 is 4.39 Å². The summed E-state index contributed by atoms with van der Waals surface area (Å²) in [4.78, 5) is 26.0. The Hall–Kier alpha value is -4.04. The molecule has 21 heteroatoms. The van der Waals surface area contributed by atoms with Crippen LogP contribution in [0.25, 0.3) is 0 Å². The lowest BCUT2D eigenvalue weighted by molar-refractivity contribution is -0.172. The van der Waals surface area contributed by atoms with Crippen LogP contribution in [0.3, 0.4) is 0 Å². The fourth-order valence-electron chi connectivity index (χ4n) is 7.83. The third-order valence-electron chi connectivity index (χ3n) is 10.6. The first-order valence-electron chi connectivity index (χ1n) is 17.5. The van der Waals surface area contributed by atoms with Crippen molar-refractivity contribution in [2.24, 2.45) is 0 Å². The van der Waals surface area contributed by atoms with Gasteiger partial charge in [-0.1, -0.05) is 11.6 Å². The number of hydrogen-bond acceptors (Lipinski definition) is 9. The lowest BCUT2D eigenvalue weighted by atomic mass is 9.94. The van der Waals surface area contributed by atoms with Gasteiger partial charge in [-0.2, -0.15) is 45.8 Å². The first-order chi connectivity index (χ1) is 25.9. The number of anilines is 2. The molecule has 1 aromatic carbocycles. The molecule has 3 saturated heterocycles. The number of nitrogens with two attached hydrogens (primary N) is 1. The molecule has 3 fully saturated rings. The number of nitrogens with zero attached hydrogens (tertiary/aromatic N) is 7. The molecular formula is C34H36ClF9N8O3. The van der Waals surface area contributed by atoms with Crippen LogP contribution in [0.1, 0.15) is 70.4 Å². The van der Waals surface area contributed by atoms with E-state index in [4.69, 9.17) is 26.8 Å². The van der Waals surface area contributed by atoms with E-state index in [1.54, 1.807) is 4.90 Å². The second-order valence-corrected chi connectivity index (χ2v) is 14.6. The number of rotatable bonds is 4. The quantitative estimate of drug-likeness (QED) is 0.243. The molecule has 0 bridgehead atoms. The van der Waals surface area contributed by atoms with Crippen LogP contribution in [0.2, 0.25) is 5.02 Å². The zero-order valence-corrected chi connectivity index (χ0v) is 30.0. The molecule has 5 aliphatic heterocycles. The molecule has 55 heavy (non-hydrogen) atoms. The molecule has 2 aromatic heterocycles. The number of carbonyl (C=O) groups is 1. The maximum absolute atomic E-state index is 15.0. The summed E-state index contributed by atoms with van der Waals surface area (Å²) in [7, 11) is 1.28. The Morgan fingerprint density at radius 1 is 1.07 bits per heavy atom. The van der Waals surface area contributed by atoms with Crippen molar-refractivity contribution < 1.29 is 53.8 Å². The van der Waals surface area contributed by atoms with Crippen LogP contribution in [-0.4, -0.2) is 99.3 Å². The van der Waals surface area contributed by atoms with Crippen LogP contribution in [0.5, 0.6) is 6.01 Å².